The number of anilines is 2. The Balaban J connectivity index is 1.62. The normalized spacial score (nSPS) is 16.8. The fourth-order valence-corrected chi connectivity index (χ4v) is 3.46. The fraction of sp³-hybridized carbons (Fsp3) is 0.176. The zero-order valence-corrected chi connectivity index (χ0v) is 13.6. The Morgan fingerprint density at radius 3 is 2.48 bits per heavy atom. The standard InChI is InChI=1S/C17H13F3N2O2S/c18-17(19,20)10-5-7-11(8-6-10)21-15(23)9-14-16(24)22-12-3-1-2-4-13(12)25-14/h1-8,14H,9H2,(H,21,23)(H,22,24)/t14-/m1/s1. The van der Waals surface area contributed by atoms with Crippen molar-refractivity contribution in [3.8, 4) is 0 Å². The summed E-state index contributed by atoms with van der Waals surface area (Å²) in [4.78, 5) is 25.0. The number of carbonyl (C=O) groups excluding carboxylic acids is 2. The number of halogens is 3. The Morgan fingerprint density at radius 1 is 1.12 bits per heavy atom. The molecule has 2 N–H and O–H groups in total. The molecule has 0 bridgehead atoms. The van der Waals surface area contributed by atoms with E-state index in [2.05, 4.69) is 10.6 Å². The van der Waals surface area contributed by atoms with Crippen LogP contribution in [0, 0.1) is 0 Å². The van der Waals surface area contributed by atoms with Crippen molar-refractivity contribution in [1.82, 2.24) is 0 Å². The fourth-order valence-electron chi connectivity index (χ4n) is 2.35. The molecule has 1 aliphatic heterocycles. The van der Waals surface area contributed by atoms with Crippen LogP contribution in [0.1, 0.15) is 12.0 Å². The molecule has 1 heterocycles. The van der Waals surface area contributed by atoms with Gasteiger partial charge in [-0.25, -0.2) is 0 Å². The van der Waals surface area contributed by atoms with Gasteiger partial charge in [-0.3, -0.25) is 9.59 Å². The maximum atomic E-state index is 12.5. The molecule has 0 saturated heterocycles. The summed E-state index contributed by atoms with van der Waals surface area (Å²) >= 11 is 1.29. The second-order valence-corrected chi connectivity index (χ2v) is 6.66. The summed E-state index contributed by atoms with van der Waals surface area (Å²) in [5.74, 6) is -0.710. The first-order chi connectivity index (χ1) is 11.8. The van der Waals surface area contributed by atoms with Crippen molar-refractivity contribution in [2.45, 2.75) is 22.7 Å². The molecule has 0 spiro atoms. The lowest BCUT2D eigenvalue weighted by atomic mass is 10.2. The largest absolute Gasteiger partial charge is 0.416 e. The Hall–Kier alpha value is -2.48. The quantitative estimate of drug-likeness (QED) is 0.858. The van der Waals surface area contributed by atoms with Crippen LogP contribution in [0.15, 0.2) is 53.4 Å². The molecule has 130 valence electrons. The number of amides is 2. The van der Waals surface area contributed by atoms with Crippen molar-refractivity contribution < 1.29 is 22.8 Å². The highest BCUT2D eigenvalue weighted by molar-refractivity contribution is 8.01. The van der Waals surface area contributed by atoms with Gasteiger partial charge in [0.15, 0.2) is 0 Å². The average Bonchev–Trinajstić information content (AvgIpc) is 2.55. The minimum atomic E-state index is -4.42. The lowest BCUT2D eigenvalue weighted by molar-refractivity contribution is -0.137. The van der Waals surface area contributed by atoms with Crippen molar-refractivity contribution in [1.29, 1.82) is 0 Å². The molecule has 0 unspecified atom stereocenters. The molecule has 4 nitrogen and oxygen atoms in total. The lowest BCUT2D eigenvalue weighted by Crippen LogP contribution is -2.32. The van der Waals surface area contributed by atoms with Crippen LogP contribution in [0.25, 0.3) is 0 Å². The van der Waals surface area contributed by atoms with Gasteiger partial charge in [-0.05, 0) is 36.4 Å². The number of hydrogen-bond donors (Lipinski definition) is 2. The molecule has 3 rings (SSSR count). The number of para-hydroxylation sites is 1. The van der Waals surface area contributed by atoms with E-state index in [9.17, 15) is 22.8 Å². The van der Waals surface area contributed by atoms with Crippen molar-refractivity contribution in [2.24, 2.45) is 0 Å². The van der Waals surface area contributed by atoms with Crippen LogP contribution < -0.4 is 10.6 Å². The summed E-state index contributed by atoms with van der Waals surface area (Å²) in [5, 5.41) is 4.66. The molecular formula is C17H13F3N2O2S. The predicted molar refractivity (Wildman–Crippen MR) is 89.4 cm³/mol. The molecule has 0 fully saturated rings. The van der Waals surface area contributed by atoms with Crippen LogP contribution in [0.2, 0.25) is 0 Å². The van der Waals surface area contributed by atoms with Crippen LogP contribution in [0.5, 0.6) is 0 Å². The van der Waals surface area contributed by atoms with Gasteiger partial charge in [-0.2, -0.15) is 13.2 Å². The second-order valence-electron chi connectivity index (χ2n) is 5.42. The average molecular weight is 366 g/mol. The third kappa shape index (κ3) is 4.14. The van der Waals surface area contributed by atoms with Gasteiger partial charge >= 0.3 is 6.18 Å². The van der Waals surface area contributed by atoms with Crippen LogP contribution in [-0.4, -0.2) is 17.1 Å². The third-order valence-electron chi connectivity index (χ3n) is 3.57. The van der Waals surface area contributed by atoms with E-state index in [1.165, 1.54) is 23.9 Å². The number of nitrogens with one attached hydrogen (secondary N) is 2. The van der Waals surface area contributed by atoms with E-state index in [-0.39, 0.29) is 18.0 Å². The second kappa shape index (κ2) is 6.79. The number of thioether (sulfide) groups is 1. The van der Waals surface area contributed by atoms with Crippen molar-refractivity contribution in [3.63, 3.8) is 0 Å². The zero-order valence-electron chi connectivity index (χ0n) is 12.8. The molecule has 0 aromatic heterocycles. The number of alkyl halides is 3. The van der Waals surface area contributed by atoms with Gasteiger partial charge in [0, 0.05) is 17.0 Å². The highest BCUT2D eigenvalue weighted by atomic mass is 32.2. The number of carbonyl (C=O) groups is 2. The predicted octanol–water partition coefficient (Wildman–Crippen LogP) is 4.15. The van der Waals surface area contributed by atoms with Crippen LogP contribution in [0.3, 0.4) is 0 Å². The Kier molecular flexibility index (Phi) is 4.71. The van der Waals surface area contributed by atoms with E-state index >= 15 is 0 Å². The van der Waals surface area contributed by atoms with Crippen LogP contribution in [0.4, 0.5) is 24.5 Å². The van der Waals surface area contributed by atoms with Gasteiger partial charge in [0.2, 0.25) is 11.8 Å². The molecule has 1 aliphatic rings. The topological polar surface area (TPSA) is 58.2 Å². The van der Waals surface area contributed by atoms with E-state index < -0.39 is 22.9 Å². The first kappa shape index (κ1) is 17.3. The molecule has 8 heteroatoms. The summed E-state index contributed by atoms with van der Waals surface area (Å²) < 4.78 is 37.6. The van der Waals surface area contributed by atoms with Gasteiger partial charge in [0.05, 0.1) is 16.5 Å². The Bertz CT molecular complexity index is 806. The first-order valence-electron chi connectivity index (χ1n) is 7.36. The number of fused-ring (bicyclic) bond motifs is 1. The molecule has 0 radical (unpaired) electrons. The molecule has 2 aromatic carbocycles. The maximum absolute atomic E-state index is 12.5. The van der Waals surface area contributed by atoms with Crippen molar-refractivity contribution in [2.75, 3.05) is 10.6 Å². The monoisotopic (exact) mass is 366 g/mol. The van der Waals surface area contributed by atoms with Gasteiger partial charge in [-0.1, -0.05) is 12.1 Å². The number of hydrogen-bond acceptors (Lipinski definition) is 3. The molecular weight excluding hydrogens is 353 g/mol. The molecule has 2 aromatic rings. The van der Waals surface area contributed by atoms with E-state index in [1.807, 2.05) is 12.1 Å². The molecule has 0 saturated carbocycles. The summed E-state index contributed by atoms with van der Waals surface area (Å²) in [6, 6.07) is 11.4. The lowest BCUT2D eigenvalue weighted by Gasteiger charge is -2.23. The minimum absolute atomic E-state index is 0.0775. The first-order valence-corrected chi connectivity index (χ1v) is 8.24. The maximum Gasteiger partial charge on any atom is 0.416 e. The SMILES string of the molecule is O=C(C[C@H]1Sc2ccccc2NC1=O)Nc1ccc(C(F)(F)F)cc1. The van der Waals surface area contributed by atoms with E-state index in [4.69, 9.17) is 0 Å². The number of rotatable bonds is 3. The third-order valence-corrected chi connectivity index (χ3v) is 4.85. The van der Waals surface area contributed by atoms with Crippen LogP contribution >= 0.6 is 11.8 Å². The number of benzene rings is 2. The molecule has 2 amide bonds. The van der Waals surface area contributed by atoms with Crippen molar-refractivity contribution in [3.05, 3.63) is 54.1 Å². The van der Waals surface area contributed by atoms with Crippen LogP contribution in [-0.2, 0) is 15.8 Å². The van der Waals surface area contributed by atoms with Gasteiger partial charge < -0.3 is 10.6 Å². The van der Waals surface area contributed by atoms with Gasteiger partial charge in [0.1, 0.15) is 0 Å². The Labute approximate surface area is 145 Å². The van der Waals surface area contributed by atoms with Crippen molar-refractivity contribution >= 4 is 35.0 Å². The molecule has 0 aliphatic carbocycles. The smallest absolute Gasteiger partial charge is 0.326 e. The molecule has 25 heavy (non-hydrogen) atoms. The molecule has 1 atom stereocenters. The highest BCUT2D eigenvalue weighted by Crippen LogP contribution is 2.36. The van der Waals surface area contributed by atoms with E-state index in [0.29, 0.717) is 5.69 Å². The summed E-state index contributed by atoms with van der Waals surface area (Å²) in [5.41, 5.74) is 0.167. The summed E-state index contributed by atoms with van der Waals surface area (Å²) in [6.45, 7) is 0. The Morgan fingerprint density at radius 2 is 1.80 bits per heavy atom. The highest BCUT2D eigenvalue weighted by Gasteiger charge is 2.31. The zero-order chi connectivity index (χ0) is 18.0. The summed E-state index contributed by atoms with van der Waals surface area (Å²) in [6.07, 6.45) is -4.50. The van der Waals surface area contributed by atoms with Gasteiger partial charge in [-0.15, -0.1) is 11.8 Å². The van der Waals surface area contributed by atoms with Gasteiger partial charge in [0.25, 0.3) is 0 Å². The van der Waals surface area contributed by atoms with E-state index in [0.717, 1.165) is 17.0 Å². The van der Waals surface area contributed by atoms with E-state index in [1.54, 1.807) is 12.1 Å². The minimum Gasteiger partial charge on any atom is -0.326 e. The summed E-state index contributed by atoms with van der Waals surface area (Å²) in [7, 11) is 0.